The number of nitrogens with one attached hydrogen (secondary N) is 1. The van der Waals surface area contributed by atoms with Gasteiger partial charge in [0.05, 0.1) is 6.61 Å². The van der Waals surface area contributed by atoms with E-state index in [9.17, 15) is 4.79 Å². The molecule has 2 heterocycles. The van der Waals surface area contributed by atoms with E-state index in [2.05, 4.69) is 24.1 Å². The van der Waals surface area contributed by atoms with Crippen molar-refractivity contribution in [3.8, 4) is 5.75 Å². The highest BCUT2D eigenvalue weighted by Gasteiger charge is 2.13. The van der Waals surface area contributed by atoms with E-state index in [-0.39, 0.29) is 5.91 Å². The first-order chi connectivity index (χ1) is 11.0. The molecule has 120 valence electrons. The number of anilines is 1. The zero-order valence-electron chi connectivity index (χ0n) is 13.4. The Morgan fingerprint density at radius 1 is 1.35 bits per heavy atom. The van der Waals surface area contributed by atoms with E-state index in [1.165, 1.54) is 11.3 Å². The normalized spacial score (nSPS) is 11.1. The largest absolute Gasteiger partial charge is 0.493 e. The topological polar surface area (TPSA) is 55.6 Å². The molecule has 0 aliphatic heterocycles. The fraction of sp³-hybridized carbons (Fsp3) is 0.294. The SMILES string of the molecule is Cc1csc2nc(C(=O)Nc3ccc(OCC(C)C)cc3)cn12. The predicted molar refractivity (Wildman–Crippen MR) is 92.5 cm³/mol. The molecule has 6 heteroatoms. The lowest BCUT2D eigenvalue weighted by Crippen LogP contribution is -2.12. The Morgan fingerprint density at radius 3 is 2.74 bits per heavy atom. The Labute approximate surface area is 138 Å². The zero-order chi connectivity index (χ0) is 16.4. The maximum Gasteiger partial charge on any atom is 0.275 e. The molecule has 0 saturated heterocycles. The molecule has 0 radical (unpaired) electrons. The van der Waals surface area contributed by atoms with Crippen molar-refractivity contribution in [2.75, 3.05) is 11.9 Å². The van der Waals surface area contributed by atoms with Gasteiger partial charge in [0.2, 0.25) is 0 Å². The second-order valence-electron chi connectivity index (χ2n) is 5.84. The molecule has 0 unspecified atom stereocenters. The van der Waals surface area contributed by atoms with Gasteiger partial charge < -0.3 is 10.1 Å². The van der Waals surface area contributed by atoms with Crippen molar-refractivity contribution in [1.29, 1.82) is 0 Å². The van der Waals surface area contributed by atoms with E-state index in [1.807, 2.05) is 41.0 Å². The maximum absolute atomic E-state index is 12.3. The summed E-state index contributed by atoms with van der Waals surface area (Å²) in [6.07, 6.45) is 1.76. The number of amides is 1. The summed E-state index contributed by atoms with van der Waals surface area (Å²) in [4.78, 5) is 17.4. The third-order valence-corrected chi connectivity index (χ3v) is 4.27. The fourth-order valence-electron chi connectivity index (χ4n) is 2.10. The third-order valence-electron chi connectivity index (χ3n) is 3.32. The Bertz CT molecular complexity index is 818. The van der Waals surface area contributed by atoms with E-state index in [4.69, 9.17) is 4.74 Å². The highest BCUT2D eigenvalue weighted by molar-refractivity contribution is 7.15. The lowest BCUT2D eigenvalue weighted by Gasteiger charge is -2.09. The Hall–Kier alpha value is -2.34. The van der Waals surface area contributed by atoms with Crippen LogP contribution in [-0.4, -0.2) is 21.9 Å². The number of carbonyl (C=O) groups excluding carboxylic acids is 1. The molecule has 23 heavy (non-hydrogen) atoms. The van der Waals surface area contributed by atoms with Crippen LogP contribution in [0.25, 0.3) is 4.96 Å². The highest BCUT2D eigenvalue weighted by atomic mass is 32.1. The van der Waals surface area contributed by atoms with Crippen LogP contribution in [0, 0.1) is 12.8 Å². The summed E-state index contributed by atoms with van der Waals surface area (Å²) in [5.41, 5.74) is 2.21. The lowest BCUT2D eigenvalue weighted by molar-refractivity contribution is 0.102. The summed E-state index contributed by atoms with van der Waals surface area (Å²) in [5.74, 6) is 1.07. The van der Waals surface area contributed by atoms with Crippen molar-refractivity contribution >= 4 is 27.9 Å². The molecule has 0 fully saturated rings. The number of nitrogens with zero attached hydrogens (tertiary/aromatic N) is 2. The molecular formula is C17H19N3O2S. The van der Waals surface area contributed by atoms with Gasteiger partial charge in [-0.25, -0.2) is 4.98 Å². The number of aryl methyl sites for hydroxylation is 1. The van der Waals surface area contributed by atoms with E-state index < -0.39 is 0 Å². The summed E-state index contributed by atoms with van der Waals surface area (Å²) >= 11 is 1.52. The average molecular weight is 329 g/mol. The van der Waals surface area contributed by atoms with E-state index in [0.29, 0.717) is 18.2 Å². The van der Waals surface area contributed by atoms with Crippen LogP contribution in [0.3, 0.4) is 0 Å². The summed E-state index contributed by atoms with van der Waals surface area (Å²) in [5, 5.41) is 4.87. The molecule has 0 bridgehead atoms. The number of carbonyl (C=O) groups is 1. The van der Waals surface area contributed by atoms with Gasteiger partial charge in [-0.3, -0.25) is 9.20 Å². The van der Waals surface area contributed by atoms with Gasteiger partial charge in [0.25, 0.3) is 5.91 Å². The second-order valence-corrected chi connectivity index (χ2v) is 6.68. The van der Waals surface area contributed by atoms with Gasteiger partial charge in [0.1, 0.15) is 11.4 Å². The molecule has 0 aliphatic rings. The van der Waals surface area contributed by atoms with Crippen molar-refractivity contribution in [1.82, 2.24) is 9.38 Å². The Kier molecular flexibility index (Phi) is 4.34. The first kappa shape index (κ1) is 15.6. The summed E-state index contributed by atoms with van der Waals surface area (Å²) in [6, 6.07) is 7.37. The highest BCUT2D eigenvalue weighted by Crippen LogP contribution is 2.19. The average Bonchev–Trinajstić information content (AvgIpc) is 3.09. The van der Waals surface area contributed by atoms with Crippen LogP contribution in [0.15, 0.2) is 35.8 Å². The first-order valence-electron chi connectivity index (χ1n) is 7.50. The number of fused-ring (bicyclic) bond motifs is 1. The first-order valence-corrected chi connectivity index (χ1v) is 8.38. The van der Waals surface area contributed by atoms with Crippen LogP contribution in [-0.2, 0) is 0 Å². The van der Waals surface area contributed by atoms with Crippen molar-refractivity contribution in [3.05, 3.63) is 47.2 Å². The summed E-state index contributed by atoms with van der Waals surface area (Å²) in [6.45, 7) is 6.87. The van der Waals surface area contributed by atoms with Gasteiger partial charge in [-0.15, -0.1) is 11.3 Å². The number of benzene rings is 1. The van der Waals surface area contributed by atoms with Crippen LogP contribution in [0.1, 0.15) is 30.0 Å². The van der Waals surface area contributed by atoms with Crippen LogP contribution < -0.4 is 10.1 Å². The number of hydrogen-bond acceptors (Lipinski definition) is 4. The van der Waals surface area contributed by atoms with E-state index in [0.717, 1.165) is 22.1 Å². The number of rotatable bonds is 5. The van der Waals surface area contributed by atoms with Gasteiger partial charge in [0, 0.05) is 23.0 Å². The zero-order valence-corrected chi connectivity index (χ0v) is 14.2. The molecule has 1 amide bonds. The van der Waals surface area contributed by atoms with Crippen LogP contribution in [0.4, 0.5) is 5.69 Å². The van der Waals surface area contributed by atoms with Gasteiger partial charge in [0.15, 0.2) is 4.96 Å². The third kappa shape index (κ3) is 3.53. The lowest BCUT2D eigenvalue weighted by atomic mass is 10.2. The molecule has 3 aromatic rings. The van der Waals surface area contributed by atoms with E-state index in [1.54, 1.807) is 6.20 Å². The van der Waals surface area contributed by atoms with Gasteiger partial charge >= 0.3 is 0 Å². The number of imidazole rings is 1. The summed E-state index contributed by atoms with van der Waals surface area (Å²) in [7, 11) is 0. The number of hydrogen-bond donors (Lipinski definition) is 1. The molecule has 0 saturated carbocycles. The monoisotopic (exact) mass is 329 g/mol. The number of ether oxygens (including phenoxy) is 1. The minimum Gasteiger partial charge on any atom is -0.493 e. The quantitative estimate of drug-likeness (QED) is 0.770. The maximum atomic E-state index is 12.3. The minimum absolute atomic E-state index is 0.212. The van der Waals surface area contributed by atoms with Crippen molar-refractivity contribution in [2.24, 2.45) is 5.92 Å². The van der Waals surface area contributed by atoms with Crippen molar-refractivity contribution < 1.29 is 9.53 Å². The van der Waals surface area contributed by atoms with E-state index >= 15 is 0 Å². The second kappa shape index (κ2) is 6.42. The predicted octanol–water partition coefficient (Wildman–Crippen LogP) is 3.99. The smallest absolute Gasteiger partial charge is 0.275 e. The Balaban J connectivity index is 1.67. The van der Waals surface area contributed by atoms with Crippen molar-refractivity contribution in [3.63, 3.8) is 0 Å². The van der Waals surface area contributed by atoms with Crippen molar-refractivity contribution in [2.45, 2.75) is 20.8 Å². The minimum atomic E-state index is -0.212. The Morgan fingerprint density at radius 2 is 2.09 bits per heavy atom. The summed E-state index contributed by atoms with van der Waals surface area (Å²) < 4.78 is 7.55. The molecule has 2 aromatic heterocycles. The van der Waals surface area contributed by atoms with Gasteiger partial charge in [-0.05, 0) is 37.1 Å². The number of thiazole rings is 1. The molecule has 0 atom stereocenters. The van der Waals surface area contributed by atoms with Crippen LogP contribution in [0.2, 0.25) is 0 Å². The fourth-order valence-corrected chi connectivity index (χ4v) is 2.95. The van der Waals surface area contributed by atoms with Gasteiger partial charge in [-0.2, -0.15) is 0 Å². The number of aromatic nitrogens is 2. The molecular weight excluding hydrogens is 310 g/mol. The molecule has 0 spiro atoms. The standard InChI is InChI=1S/C17H19N3O2S/c1-11(2)9-22-14-6-4-13(5-7-14)18-16(21)15-8-20-12(3)10-23-17(20)19-15/h4-8,10-11H,9H2,1-3H3,(H,18,21). The van der Waals surface area contributed by atoms with Gasteiger partial charge in [-0.1, -0.05) is 13.8 Å². The van der Waals surface area contributed by atoms with Crippen LogP contribution in [0.5, 0.6) is 5.75 Å². The molecule has 1 N–H and O–H groups in total. The molecule has 1 aromatic carbocycles. The molecule has 5 nitrogen and oxygen atoms in total. The molecule has 3 rings (SSSR count). The molecule has 0 aliphatic carbocycles. The van der Waals surface area contributed by atoms with Crippen LogP contribution >= 0.6 is 11.3 Å².